The first-order valence-corrected chi connectivity index (χ1v) is 9.50. The third kappa shape index (κ3) is 3.03. The van der Waals surface area contributed by atoms with E-state index in [1.165, 1.54) is 25.3 Å². The highest BCUT2D eigenvalue weighted by Crippen LogP contribution is 2.31. The van der Waals surface area contributed by atoms with Crippen LogP contribution in [0.4, 0.5) is 0 Å². The zero-order valence-electron chi connectivity index (χ0n) is 14.3. The number of carbonyl (C=O) groups is 2. The van der Waals surface area contributed by atoms with E-state index in [1.54, 1.807) is 31.2 Å². The minimum absolute atomic E-state index is 0.0887. The fourth-order valence-electron chi connectivity index (χ4n) is 2.77. The van der Waals surface area contributed by atoms with Crippen molar-refractivity contribution in [3.05, 3.63) is 59.2 Å². The largest absolute Gasteiger partial charge is 0.493 e. The van der Waals surface area contributed by atoms with Crippen molar-refractivity contribution in [3.63, 3.8) is 0 Å². The zero-order chi connectivity index (χ0) is 18.9. The van der Waals surface area contributed by atoms with Crippen LogP contribution < -0.4 is 9.47 Å². The Morgan fingerprint density at radius 3 is 2.12 bits per heavy atom. The number of nitrogens with zero attached hydrogens (tertiary/aromatic N) is 1. The minimum atomic E-state index is -4.19. The van der Waals surface area contributed by atoms with E-state index in [9.17, 15) is 18.0 Å². The number of hydrogen-bond acceptors (Lipinski definition) is 6. The number of imide groups is 1. The molecule has 0 N–H and O–H groups in total. The van der Waals surface area contributed by atoms with Gasteiger partial charge in [-0.3, -0.25) is 9.59 Å². The lowest BCUT2D eigenvalue weighted by atomic mass is 10.1. The summed E-state index contributed by atoms with van der Waals surface area (Å²) in [5, 5.41) is 0. The summed E-state index contributed by atoms with van der Waals surface area (Å²) in [5.74, 6) is -1.31. The number of benzene rings is 2. The third-order valence-electron chi connectivity index (χ3n) is 3.91. The molecule has 0 atom stereocenters. The van der Waals surface area contributed by atoms with Crippen molar-refractivity contribution < 1.29 is 27.5 Å². The minimum Gasteiger partial charge on any atom is -0.493 e. The van der Waals surface area contributed by atoms with Gasteiger partial charge in [-0.25, -0.2) is 8.42 Å². The van der Waals surface area contributed by atoms with E-state index < -0.39 is 27.6 Å². The maximum absolute atomic E-state index is 12.7. The zero-order valence-corrected chi connectivity index (χ0v) is 15.1. The van der Waals surface area contributed by atoms with Crippen LogP contribution in [-0.4, -0.2) is 38.3 Å². The molecule has 0 aromatic heterocycles. The Labute approximate surface area is 151 Å². The maximum atomic E-state index is 12.7. The molecule has 0 aliphatic carbocycles. The van der Waals surface area contributed by atoms with Crippen molar-refractivity contribution in [3.8, 4) is 11.5 Å². The van der Waals surface area contributed by atoms with Crippen LogP contribution in [0.5, 0.6) is 11.5 Å². The molecule has 0 fully saturated rings. The Morgan fingerprint density at radius 1 is 0.962 bits per heavy atom. The van der Waals surface area contributed by atoms with E-state index in [2.05, 4.69) is 0 Å². The van der Waals surface area contributed by atoms with Gasteiger partial charge >= 0.3 is 0 Å². The fourth-order valence-corrected chi connectivity index (χ4v) is 4.21. The summed E-state index contributed by atoms with van der Waals surface area (Å²) in [4.78, 5) is 24.8. The lowest BCUT2D eigenvalue weighted by Gasteiger charge is -2.15. The normalized spacial score (nSPS) is 13.7. The van der Waals surface area contributed by atoms with Gasteiger partial charge in [0.25, 0.3) is 11.8 Å². The second kappa shape index (κ2) is 6.80. The molecule has 2 aromatic carbocycles. The van der Waals surface area contributed by atoms with Crippen LogP contribution >= 0.6 is 0 Å². The molecular weight excluding hydrogens is 358 g/mol. The summed E-state index contributed by atoms with van der Waals surface area (Å²) in [6, 6.07) is 10.7. The average molecular weight is 375 g/mol. The summed E-state index contributed by atoms with van der Waals surface area (Å²) in [6.07, 6.45) is 0. The second-order valence-electron chi connectivity index (χ2n) is 5.59. The van der Waals surface area contributed by atoms with Crippen LogP contribution in [0.2, 0.25) is 0 Å². The molecular formula is C18H17NO6S. The fraction of sp³-hybridized carbons (Fsp3) is 0.222. The molecule has 0 unspecified atom stereocenters. The Bertz CT molecular complexity index is 948. The van der Waals surface area contributed by atoms with Gasteiger partial charge in [0.1, 0.15) is 0 Å². The molecule has 7 nitrogen and oxygen atoms in total. The summed E-state index contributed by atoms with van der Waals surface area (Å²) < 4.78 is 36.4. The first-order valence-electron chi connectivity index (χ1n) is 7.89. The number of hydrogen-bond donors (Lipinski definition) is 0. The first-order chi connectivity index (χ1) is 12.4. The van der Waals surface area contributed by atoms with Gasteiger partial charge in [0, 0.05) is 0 Å². The van der Waals surface area contributed by atoms with Gasteiger partial charge < -0.3 is 9.47 Å². The standard InChI is InChI=1S/C18H17NO6S/c1-3-25-16-10-12(8-9-15(16)24-2)11-26(22,23)19-17(20)13-6-4-5-7-14(13)18(19)21/h4-10H,3,11H2,1-2H3. The number of fused-ring (bicyclic) bond motifs is 1. The summed E-state index contributed by atoms with van der Waals surface area (Å²) >= 11 is 0. The molecule has 2 aromatic rings. The van der Waals surface area contributed by atoms with Gasteiger partial charge in [0.05, 0.1) is 30.6 Å². The quantitative estimate of drug-likeness (QED) is 0.719. The van der Waals surface area contributed by atoms with Crippen LogP contribution in [0.3, 0.4) is 0 Å². The van der Waals surface area contributed by atoms with Gasteiger partial charge in [-0.2, -0.15) is 4.31 Å². The highest BCUT2D eigenvalue weighted by atomic mass is 32.2. The van der Waals surface area contributed by atoms with Crippen LogP contribution in [0.25, 0.3) is 0 Å². The van der Waals surface area contributed by atoms with Gasteiger partial charge in [-0.1, -0.05) is 18.2 Å². The average Bonchev–Trinajstić information content (AvgIpc) is 2.87. The van der Waals surface area contributed by atoms with E-state index in [1.807, 2.05) is 0 Å². The van der Waals surface area contributed by atoms with Crippen LogP contribution in [0.1, 0.15) is 33.2 Å². The Balaban J connectivity index is 1.92. The van der Waals surface area contributed by atoms with Crippen molar-refractivity contribution >= 4 is 21.8 Å². The summed E-state index contributed by atoms with van der Waals surface area (Å²) in [7, 11) is -2.71. The Hall–Kier alpha value is -2.87. The monoisotopic (exact) mass is 375 g/mol. The summed E-state index contributed by atoms with van der Waals surface area (Å²) in [6.45, 7) is 2.17. The van der Waals surface area contributed by atoms with Crippen LogP contribution in [0, 0.1) is 0 Å². The predicted molar refractivity (Wildman–Crippen MR) is 93.7 cm³/mol. The number of sulfonamides is 1. The molecule has 0 saturated heterocycles. The molecule has 136 valence electrons. The molecule has 1 aliphatic heterocycles. The molecule has 3 rings (SSSR count). The van der Waals surface area contributed by atoms with E-state index in [-0.39, 0.29) is 11.1 Å². The number of carbonyl (C=O) groups excluding carboxylic acids is 2. The predicted octanol–water partition coefficient (Wildman–Crippen LogP) is 2.22. The maximum Gasteiger partial charge on any atom is 0.275 e. The highest BCUT2D eigenvalue weighted by molar-refractivity contribution is 7.89. The second-order valence-corrected chi connectivity index (χ2v) is 7.41. The SMILES string of the molecule is CCOc1cc(CS(=O)(=O)N2C(=O)c3ccccc3C2=O)ccc1OC. The molecule has 2 amide bonds. The van der Waals surface area contributed by atoms with Crippen molar-refractivity contribution in [1.82, 2.24) is 4.31 Å². The molecule has 8 heteroatoms. The van der Waals surface area contributed by atoms with E-state index in [0.717, 1.165) is 0 Å². The van der Waals surface area contributed by atoms with Gasteiger partial charge in [-0.15, -0.1) is 0 Å². The van der Waals surface area contributed by atoms with Crippen LogP contribution in [-0.2, 0) is 15.8 Å². The molecule has 26 heavy (non-hydrogen) atoms. The summed E-state index contributed by atoms with van der Waals surface area (Å²) in [5.41, 5.74) is 0.558. The first kappa shape index (κ1) is 17.9. The molecule has 0 saturated carbocycles. The Morgan fingerprint density at radius 2 is 1.58 bits per heavy atom. The molecule has 0 spiro atoms. The highest BCUT2D eigenvalue weighted by Gasteiger charge is 2.43. The number of ether oxygens (including phenoxy) is 2. The molecule has 0 bridgehead atoms. The smallest absolute Gasteiger partial charge is 0.275 e. The molecule has 1 heterocycles. The topological polar surface area (TPSA) is 90.0 Å². The van der Waals surface area contributed by atoms with E-state index in [0.29, 0.717) is 28.0 Å². The van der Waals surface area contributed by atoms with Gasteiger partial charge in [0.2, 0.25) is 10.0 Å². The van der Waals surface area contributed by atoms with Gasteiger partial charge in [0.15, 0.2) is 11.5 Å². The van der Waals surface area contributed by atoms with Gasteiger partial charge in [-0.05, 0) is 36.8 Å². The molecule has 1 aliphatic rings. The Kier molecular flexibility index (Phi) is 4.69. The molecule has 0 radical (unpaired) electrons. The van der Waals surface area contributed by atoms with Crippen molar-refractivity contribution in [2.24, 2.45) is 0 Å². The number of amides is 2. The van der Waals surface area contributed by atoms with Crippen molar-refractivity contribution in [2.75, 3.05) is 13.7 Å². The van der Waals surface area contributed by atoms with Crippen molar-refractivity contribution in [1.29, 1.82) is 0 Å². The lowest BCUT2D eigenvalue weighted by Crippen LogP contribution is -2.36. The van der Waals surface area contributed by atoms with E-state index >= 15 is 0 Å². The third-order valence-corrected chi connectivity index (χ3v) is 5.50. The number of rotatable bonds is 6. The van der Waals surface area contributed by atoms with E-state index in [4.69, 9.17) is 9.47 Å². The van der Waals surface area contributed by atoms with Crippen molar-refractivity contribution in [2.45, 2.75) is 12.7 Å². The lowest BCUT2D eigenvalue weighted by molar-refractivity contribution is 0.0765. The van der Waals surface area contributed by atoms with Crippen LogP contribution in [0.15, 0.2) is 42.5 Å². The number of methoxy groups -OCH3 is 1.